The molecule has 0 aliphatic heterocycles. The summed E-state index contributed by atoms with van der Waals surface area (Å²) in [6.07, 6.45) is -3.50. The molecule has 1 aromatic heterocycles. The van der Waals surface area contributed by atoms with Crippen molar-refractivity contribution >= 4 is 12.6 Å². The van der Waals surface area contributed by atoms with Gasteiger partial charge in [0.25, 0.3) is 0 Å². The summed E-state index contributed by atoms with van der Waals surface area (Å²) in [5.41, 5.74) is -1.03. The van der Waals surface area contributed by atoms with Crippen LogP contribution in [0.25, 0.3) is 0 Å². The van der Waals surface area contributed by atoms with Crippen LogP contribution in [0, 0.1) is 0 Å². The number of rotatable bonds is 1. The van der Waals surface area contributed by atoms with Gasteiger partial charge in [0, 0.05) is 13.2 Å². The molecule has 15 heavy (non-hydrogen) atoms. The summed E-state index contributed by atoms with van der Waals surface area (Å²) in [5, 5.41) is 0. The van der Waals surface area contributed by atoms with Crippen LogP contribution in [0.3, 0.4) is 0 Å². The number of aliphatic imine (C=N–C) groups is 2. The minimum Gasteiger partial charge on any atom is -0.267 e. The summed E-state index contributed by atoms with van der Waals surface area (Å²) >= 11 is 0. The van der Waals surface area contributed by atoms with Crippen molar-refractivity contribution < 1.29 is 13.2 Å². The van der Waals surface area contributed by atoms with E-state index in [1.54, 1.807) is 0 Å². The molecule has 1 heterocycles. The van der Waals surface area contributed by atoms with Crippen LogP contribution in [0.1, 0.15) is 11.5 Å². The van der Waals surface area contributed by atoms with Crippen molar-refractivity contribution in [2.75, 3.05) is 7.05 Å². The molecule has 0 atom stereocenters. The lowest BCUT2D eigenvalue weighted by Gasteiger charge is -2.05. The summed E-state index contributed by atoms with van der Waals surface area (Å²) < 4.78 is 36.8. The highest BCUT2D eigenvalue weighted by Crippen LogP contribution is 2.26. The van der Waals surface area contributed by atoms with Crippen LogP contribution < -0.4 is 0 Å². The number of nitrogens with zero attached hydrogens (tertiary/aromatic N) is 4. The van der Waals surface area contributed by atoms with Gasteiger partial charge < -0.3 is 0 Å². The van der Waals surface area contributed by atoms with E-state index in [2.05, 4.69) is 26.7 Å². The summed E-state index contributed by atoms with van der Waals surface area (Å²) in [6, 6.07) is 0.778. The summed E-state index contributed by atoms with van der Waals surface area (Å²) in [7, 11) is 1.37. The highest BCUT2D eigenvalue weighted by Gasteiger charge is 2.33. The third-order valence-electron chi connectivity index (χ3n) is 1.51. The largest absolute Gasteiger partial charge is 0.433 e. The minimum atomic E-state index is -4.50. The van der Waals surface area contributed by atoms with Crippen molar-refractivity contribution in [2.24, 2.45) is 9.98 Å². The molecule has 0 unspecified atom stereocenters. The maximum Gasteiger partial charge on any atom is 0.433 e. The highest BCUT2D eigenvalue weighted by atomic mass is 19.4. The van der Waals surface area contributed by atoms with Crippen LogP contribution in [-0.4, -0.2) is 29.6 Å². The third-order valence-corrected chi connectivity index (χ3v) is 1.51. The molecule has 0 radical (unpaired) electrons. The van der Waals surface area contributed by atoms with Gasteiger partial charge in [0.05, 0.1) is 0 Å². The molecule has 4 nitrogen and oxygen atoms in total. The first-order chi connectivity index (χ1) is 6.99. The molecule has 0 amide bonds. The second-order valence-corrected chi connectivity index (χ2v) is 2.47. The third kappa shape index (κ3) is 2.58. The van der Waals surface area contributed by atoms with Gasteiger partial charge in [0.15, 0.2) is 11.7 Å². The lowest BCUT2D eigenvalue weighted by molar-refractivity contribution is -0.141. The van der Waals surface area contributed by atoms with Gasteiger partial charge in [-0.3, -0.25) is 4.99 Å². The molecule has 0 spiro atoms. The maximum absolute atomic E-state index is 12.3. The maximum atomic E-state index is 12.3. The van der Waals surface area contributed by atoms with E-state index < -0.39 is 11.9 Å². The first kappa shape index (κ1) is 11.3. The molecule has 0 N–H and O–H groups in total. The Morgan fingerprint density at radius 1 is 1.47 bits per heavy atom. The molecule has 1 rings (SSSR count). The van der Waals surface area contributed by atoms with Crippen LogP contribution in [0.2, 0.25) is 0 Å². The Balaban J connectivity index is 3.19. The van der Waals surface area contributed by atoms with E-state index in [0.29, 0.717) is 0 Å². The van der Waals surface area contributed by atoms with Gasteiger partial charge in [0.1, 0.15) is 5.69 Å². The molecule has 0 aromatic carbocycles. The Kier molecular flexibility index (Phi) is 3.13. The topological polar surface area (TPSA) is 50.5 Å². The molecule has 80 valence electrons. The number of amidine groups is 1. The summed E-state index contributed by atoms with van der Waals surface area (Å²) in [4.78, 5) is 13.9. The fourth-order valence-corrected chi connectivity index (χ4v) is 0.866. The van der Waals surface area contributed by atoms with Gasteiger partial charge in [-0.25, -0.2) is 15.0 Å². The van der Waals surface area contributed by atoms with Gasteiger partial charge in [-0.05, 0) is 12.8 Å². The second-order valence-electron chi connectivity index (χ2n) is 2.47. The summed E-state index contributed by atoms with van der Waals surface area (Å²) in [6.45, 7) is 3.16. The Hall–Kier alpha value is -1.79. The molecule has 0 fully saturated rings. The van der Waals surface area contributed by atoms with Crippen molar-refractivity contribution in [3.05, 3.63) is 23.8 Å². The molecule has 0 saturated heterocycles. The first-order valence-electron chi connectivity index (χ1n) is 3.83. The molecular weight excluding hydrogens is 209 g/mol. The van der Waals surface area contributed by atoms with Crippen LogP contribution >= 0.6 is 0 Å². The van der Waals surface area contributed by atoms with E-state index in [0.717, 1.165) is 12.3 Å². The molecule has 0 saturated carbocycles. The van der Waals surface area contributed by atoms with Crippen molar-refractivity contribution in [3.63, 3.8) is 0 Å². The van der Waals surface area contributed by atoms with Crippen LogP contribution in [0.15, 0.2) is 22.2 Å². The Labute approximate surface area is 83.6 Å². The van der Waals surface area contributed by atoms with Gasteiger partial charge in [0.2, 0.25) is 0 Å². The molecular formula is C8H7F3N4. The number of hydrogen-bond acceptors (Lipinski definition) is 3. The highest BCUT2D eigenvalue weighted by molar-refractivity contribution is 5.98. The van der Waals surface area contributed by atoms with Crippen molar-refractivity contribution in [3.8, 4) is 0 Å². The monoisotopic (exact) mass is 216 g/mol. The SMILES string of the molecule is C=NC(=NC)c1nccc(C(F)(F)F)n1. The van der Waals surface area contributed by atoms with Gasteiger partial charge in [-0.1, -0.05) is 0 Å². The predicted molar refractivity (Wildman–Crippen MR) is 49.0 cm³/mol. The van der Waals surface area contributed by atoms with Gasteiger partial charge in [-0.2, -0.15) is 13.2 Å². The Bertz CT molecular complexity index is 397. The predicted octanol–water partition coefficient (Wildman–Crippen LogP) is 1.57. The fourth-order valence-electron chi connectivity index (χ4n) is 0.866. The molecule has 0 aliphatic rings. The van der Waals surface area contributed by atoms with E-state index in [4.69, 9.17) is 0 Å². The molecule has 0 bridgehead atoms. The Morgan fingerprint density at radius 3 is 2.60 bits per heavy atom. The lowest BCUT2D eigenvalue weighted by atomic mass is 10.4. The van der Waals surface area contributed by atoms with E-state index in [-0.39, 0.29) is 11.7 Å². The molecule has 0 aliphatic carbocycles. The zero-order chi connectivity index (χ0) is 11.5. The first-order valence-corrected chi connectivity index (χ1v) is 3.83. The van der Waals surface area contributed by atoms with Gasteiger partial charge >= 0.3 is 6.18 Å². The zero-order valence-corrected chi connectivity index (χ0v) is 7.78. The fraction of sp³-hybridized carbons (Fsp3) is 0.250. The second kappa shape index (κ2) is 4.16. The lowest BCUT2D eigenvalue weighted by Crippen LogP contribution is -2.12. The molecule has 7 heteroatoms. The smallest absolute Gasteiger partial charge is 0.267 e. The van der Waals surface area contributed by atoms with E-state index in [1.165, 1.54) is 7.05 Å². The number of aromatic nitrogens is 2. The van der Waals surface area contributed by atoms with Crippen molar-refractivity contribution in [2.45, 2.75) is 6.18 Å². The minimum absolute atomic E-state index is 0.0268. The van der Waals surface area contributed by atoms with E-state index in [9.17, 15) is 13.2 Å². The quantitative estimate of drug-likeness (QED) is 0.528. The number of halogens is 3. The van der Waals surface area contributed by atoms with E-state index in [1.807, 2.05) is 0 Å². The zero-order valence-electron chi connectivity index (χ0n) is 7.78. The number of alkyl halides is 3. The van der Waals surface area contributed by atoms with Crippen LogP contribution in [0.5, 0.6) is 0 Å². The van der Waals surface area contributed by atoms with Gasteiger partial charge in [-0.15, -0.1) is 0 Å². The summed E-state index contributed by atoms with van der Waals surface area (Å²) in [5.74, 6) is -0.219. The average molecular weight is 216 g/mol. The normalized spacial score (nSPS) is 12.7. The van der Waals surface area contributed by atoms with E-state index >= 15 is 0 Å². The van der Waals surface area contributed by atoms with Crippen molar-refractivity contribution in [1.82, 2.24) is 9.97 Å². The molecule has 1 aromatic rings. The standard InChI is InChI=1S/C8H7F3N4/c1-12-6(13-2)7-14-4-3-5(15-7)8(9,10)11/h3-4H,1H2,2H3. The van der Waals surface area contributed by atoms with Crippen molar-refractivity contribution in [1.29, 1.82) is 0 Å². The Morgan fingerprint density at radius 2 is 2.13 bits per heavy atom. The van der Waals surface area contributed by atoms with Crippen LogP contribution in [-0.2, 0) is 6.18 Å². The number of hydrogen-bond donors (Lipinski definition) is 0. The average Bonchev–Trinajstić information content (AvgIpc) is 2.19. The van der Waals surface area contributed by atoms with Crippen LogP contribution in [0.4, 0.5) is 13.2 Å².